The Hall–Kier alpha value is -5.29. The molecule has 49 heavy (non-hydrogen) atoms. The van der Waals surface area contributed by atoms with E-state index in [1.54, 1.807) is 18.2 Å². The second-order valence-electron chi connectivity index (χ2n) is 11.6. The molecule has 3 amide bonds. The molecule has 3 unspecified atom stereocenters. The van der Waals surface area contributed by atoms with E-state index in [-0.39, 0.29) is 73.4 Å². The minimum absolute atomic E-state index is 0.121. The molecule has 0 aliphatic heterocycles. The smallest absolute Gasteiger partial charge is 0.237 e. The van der Waals surface area contributed by atoms with Crippen molar-refractivity contribution in [2.45, 2.75) is 37.4 Å². The lowest BCUT2D eigenvalue weighted by Gasteiger charge is -2.24. The Labute approximate surface area is 283 Å². The number of aromatic hydroxyl groups is 6. The Balaban J connectivity index is 1.51. The molecule has 3 atom stereocenters. The second-order valence-corrected chi connectivity index (χ2v) is 11.6. The van der Waals surface area contributed by atoms with E-state index in [0.717, 1.165) is 0 Å². The molecule has 0 fully saturated rings. The summed E-state index contributed by atoms with van der Waals surface area (Å²) in [4.78, 5) is 39.8. The van der Waals surface area contributed by atoms with E-state index in [2.05, 4.69) is 16.0 Å². The van der Waals surface area contributed by atoms with Gasteiger partial charge >= 0.3 is 0 Å². The largest absolute Gasteiger partial charge is 0.504 e. The monoisotopic (exact) mass is 683 g/mol. The molecule has 0 aliphatic carbocycles. The minimum atomic E-state index is -0.926. The average Bonchev–Trinajstić information content (AvgIpc) is 3.05. The van der Waals surface area contributed by atoms with E-state index in [4.69, 9.17) is 17.2 Å². The number of benzene rings is 3. The van der Waals surface area contributed by atoms with E-state index in [1.165, 1.54) is 36.4 Å². The number of hydrogen-bond acceptors (Lipinski definition) is 13. The number of rotatable bonds is 18. The van der Waals surface area contributed by atoms with E-state index in [9.17, 15) is 45.0 Å². The van der Waals surface area contributed by atoms with Gasteiger partial charge in [-0.3, -0.25) is 19.3 Å². The highest BCUT2D eigenvalue weighted by Crippen LogP contribution is 2.27. The van der Waals surface area contributed by atoms with E-state index in [0.29, 0.717) is 36.3 Å². The molecule has 15 N–H and O–H groups in total. The van der Waals surface area contributed by atoms with Crippen molar-refractivity contribution in [3.63, 3.8) is 0 Å². The van der Waals surface area contributed by atoms with Crippen molar-refractivity contribution in [1.29, 1.82) is 0 Å². The maximum Gasteiger partial charge on any atom is 0.237 e. The zero-order valence-electron chi connectivity index (χ0n) is 26.9. The van der Waals surface area contributed by atoms with Gasteiger partial charge in [-0.25, -0.2) is 0 Å². The van der Waals surface area contributed by atoms with Crippen LogP contribution >= 0.6 is 0 Å². The van der Waals surface area contributed by atoms with Gasteiger partial charge in [-0.15, -0.1) is 0 Å². The van der Waals surface area contributed by atoms with Crippen molar-refractivity contribution in [2.75, 3.05) is 39.3 Å². The Morgan fingerprint density at radius 3 is 1.00 bits per heavy atom. The van der Waals surface area contributed by atoms with Crippen LogP contribution in [0.5, 0.6) is 34.5 Å². The van der Waals surface area contributed by atoms with Crippen LogP contribution in [0, 0.1) is 0 Å². The highest BCUT2D eigenvalue weighted by atomic mass is 16.3. The molecular formula is C33H45N7O9. The van der Waals surface area contributed by atoms with E-state index < -0.39 is 35.8 Å². The van der Waals surface area contributed by atoms with Crippen molar-refractivity contribution in [3.05, 3.63) is 71.3 Å². The van der Waals surface area contributed by atoms with Crippen molar-refractivity contribution < 1.29 is 45.0 Å². The number of nitrogens with two attached hydrogens (primary N) is 3. The number of carbonyl (C=O) groups is 3. The summed E-state index contributed by atoms with van der Waals surface area (Å²) < 4.78 is 0. The van der Waals surface area contributed by atoms with Gasteiger partial charge in [0.2, 0.25) is 17.7 Å². The van der Waals surface area contributed by atoms with Crippen LogP contribution < -0.4 is 33.2 Å². The number of hydrogen-bond donors (Lipinski definition) is 12. The Kier molecular flexibility index (Phi) is 14.3. The SMILES string of the molecule is NC(Cc1ccc(O)c(O)c1)C(=O)NCCN(CCNC(=O)C(N)Cc1ccc(O)c(O)c1)CCNC(=O)C(N)Cc1ccc(O)c(O)c1. The van der Waals surface area contributed by atoms with Gasteiger partial charge in [0.15, 0.2) is 34.5 Å². The predicted octanol–water partition coefficient (Wildman–Crippen LogP) is -1.42. The van der Waals surface area contributed by atoms with Crippen LogP contribution in [-0.4, -0.2) is 111 Å². The topological polar surface area (TPSA) is 290 Å². The van der Waals surface area contributed by atoms with Gasteiger partial charge in [0.25, 0.3) is 0 Å². The summed E-state index contributed by atoms with van der Waals surface area (Å²) >= 11 is 0. The summed E-state index contributed by atoms with van der Waals surface area (Å²) in [5, 5.41) is 65.8. The molecule has 3 rings (SSSR count). The molecule has 3 aromatic rings. The number of amides is 3. The minimum Gasteiger partial charge on any atom is -0.504 e. The Morgan fingerprint density at radius 1 is 0.490 bits per heavy atom. The molecule has 0 aromatic heterocycles. The molecule has 266 valence electrons. The summed E-state index contributed by atoms with van der Waals surface area (Å²) in [6, 6.07) is 9.77. The fraction of sp³-hybridized carbons (Fsp3) is 0.364. The molecule has 0 aliphatic rings. The van der Waals surface area contributed by atoms with Crippen LogP contribution in [-0.2, 0) is 33.6 Å². The van der Waals surface area contributed by atoms with Crippen LogP contribution in [0.3, 0.4) is 0 Å². The first-order valence-corrected chi connectivity index (χ1v) is 15.6. The lowest BCUT2D eigenvalue weighted by Crippen LogP contribution is -2.49. The van der Waals surface area contributed by atoms with Crippen LogP contribution in [0.2, 0.25) is 0 Å². The van der Waals surface area contributed by atoms with Gasteiger partial charge in [-0.05, 0) is 72.4 Å². The highest BCUT2D eigenvalue weighted by Gasteiger charge is 2.19. The third-order valence-electron chi connectivity index (χ3n) is 7.68. The average molecular weight is 684 g/mol. The first-order chi connectivity index (χ1) is 23.2. The van der Waals surface area contributed by atoms with Gasteiger partial charge in [0, 0.05) is 39.3 Å². The van der Waals surface area contributed by atoms with E-state index in [1.807, 2.05) is 4.90 Å². The van der Waals surface area contributed by atoms with Gasteiger partial charge < -0.3 is 63.8 Å². The predicted molar refractivity (Wildman–Crippen MR) is 180 cm³/mol. The molecule has 16 nitrogen and oxygen atoms in total. The molecule has 0 saturated heterocycles. The van der Waals surface area contributed by atoms with Gasteiger partial charge in [-0.2, -0.15) is 0 Å². The summed E-state index contributed by atoms with van der Waals surface area (Å²) in [5.74, 6) is -3.12. The van der Waals surface area contributed by atoms with Crippen LogP contribution in [0.1, 0.15) is 16.7 Å². The van der Waals surface area contributed by atoms with E-state index >= 15 is 0 Å². The number of phenolic OH excluding ortho intramolecular Hbond substituents is 6. The van der Waals surface area contributed by atoms with Gasteiger partial charge in [0.1, 0.15) is 0 Å². The van der Waals surface area contributed by atoms with Crippen LogP contribution in [0.25, 0.3) is 0 Å². The van der Waals surface area contributed by atoms with Gasteiger partial charge in [0.05, 0.1) is 18.1 Å². The first-order valence-electron chi connectivity index (χ1n) is 15.6. The maximum atomic E-state index is 12.6. The quantitative estimate of drug-likeness (QED) is 0.0687. The molecule has 0 saturated carbocycles. The lowest BCUT2D eigenvalue weighted by molar-refractivity contribution is -0.122. The number of nitrogens with zero attached hydrogens (tertiary/aromatic N) is 1. The second kappa shape index (κ2) is 18.3. The summed E-state index contributed by atoms with van der Waals surface area (Å²) in [6.07, 6.45) is 0.362. The maximum absolute atomic E-state index is 12.6. The van der Waals surface area contributed by atoms with Crippen molar-refractivity contribution >= 4 is 17.7 Å². The highest BCUT2D eigenvalue weighted by molar-refractivity contribution is 5.82. The molecule has 0 heterocycles. The molecular weight excluding hydrogens is 638 g/mol. The summed E-state index contributed by atoms with van der Waals surface area (Å²) in [6.45, 7) is 1.51. The number of carbonyl (C=O) groups excluding carboxylic acids is 3. The van der Waals surface area contributed by atoms with Crippen LogP contribution in [0.4, 0.5) is 0 Å². The third kappa shape index (κ3) is 12.3. The third-order valence-corrected chi connectivity index (χ3v) is 7.68. The number of nitrogens with one attached hydrogen (secondary N) is 3. The zero-order valence-corrected chi connectivity index (χ0v) is 26.9. The fourth-order valence-electron chi connectivity index (χ4n) is 4.87. The summed E-state index contributed by atoms with van der Waals surface area (Å²) in [5.41, 5.74) is 19.8. The number of phenols is 6. The molecule has 0 bridgehead atoms. The normalized spacial score (nSPS) is 13.0. The fourth-order valence-corrected chi connectivity index (χ4v) is 4.87. The molecule has 3 aromatic carbocycles. The molecule has 0 spiro atoms. The Morgan fingerprint density at radius 2 is 0.755 bits per heavy atom. The lowest BCUT2D eigenvalue weighted by atomic mass is 10.1. The first kappa shape index (κ1) is 38.2. The van der Waals surface area contributed by atoms with Crippen molar-refractivity contribution in [3.8, 4) is 34.5 Å². The summed E-state index contributed by atoms with van der Waals surface area (Å²) in [7, 11) is 0. The Bertz CT molecular complexity index is 1410. The van der Waals surface area contributed by atoms with Crippen LogP contribution in [0.15, 0.2) is 54.6 Å². The molecule has 16 heteroatoms. The van der Waals surface area contributed by atoms with Gasteiger partial charge in [-0.1, -0.05) is 18.2 Å². The standard InChI is InChI=1S/C33H45N7O9/c34-22(13-19-1-4-25(41)28(44)16-19)31(47)37-7-10-40(11-8-38-32(48)23(35)14-20-2-5-26(42)29(45)17-20)12-9-39-33(49)24(36)15-21-3-6-27(43)30(46)18-21/h1-6,16-18,22-24,41-46H,7-15,34-36H2,(H,37,47)(H,38,48)(H,39,49). The zero-order chi connectivity index (χ0) is 36.1. The van der Waals surface area contributed by atoms with Crippen molar-refractivity contribution in [2.24, 2.45) is 17.2 Å². The van der Waals surface area contributed by atoms with Crippen molar-refractivity contribution in [1.82, 2.24) is 20.9 Å². The molecule has 0 radical (unpaired) electrons.